The molecule has 0 radical (unpaired) electrons. The number of hydrogen-bond donors (Lipinski definition) is 1. The molecule has 1 aliphatic heterocycles. The number of benzene rings is 3. The molecule has 1 atom stereocenters. The molecule has 4 aromatic rings. The summed E-state index contributed by atoms with van der Waals surface area (Å²) < 4.78 is 14.0. The SMILES string of the molecule is COc1cc2c(cc1OCc1ccccc1)CCNC2/C=C/c1cccc2c1ccn2C. The quantitative estimate of drug-likeness (QED) is 0.433. The Balaban J connectivity index is 1.42. The molecule has 0 bridgehead atoms. The number of aryl methyl sites for hydroxylation is 1. The number of hydrogen-bond acceptors (Lipinski definition) is 3. The van der Waals surface area contributed by atoms with Gasteiger partial charge in [-0.3, -0.25) is 0 Å². The lowest BCUT2D eigenvalue weighted by atomic mass is 9.92. The van der Waals surface area contributed by atoms with Gasteiger partial charge in [0.2, 0.25) is 0 Å². The van der Waals surface area contributed by atoms with Crippen molar-refractivity contribution < 1.29 is 9.47 Å². The van der Waals surface area contributed by atoms with Gasteiger partial charge in [-0.2, -0.15) is 0 Å². The lowest BCUT2D eigenvalue weighted by Gasteiger charge is -2.26. The Morgan fingerprint density at radius 2 is 1.91 bits per heavy atom. The monoisotopic (exact) mass is 424 g/mol. The molecule has 2 heterocycles. The summed E-state index contributed by atoms with van der Waals surface area (Å²) in [5.74, 6) is 1.57. The van der Waals surface area contributed by atoms with Crippen LogP contribution < -0.4 is 14.8 Å². The molecular weight excluding hydrogens is 396 g/mol. The van der Waals surface area contributed by atoms with Gasteiger partial charge in [0.15, 0.2) is 11.5 Å². The number of rotatable bonds is 6. The minimum absolute atomic E-state index is 0.134. The van der Waals surface area contributed by atoms with E-state index in [0.717, 1.165) is 30.0 Å². The maximum atomic E-state index is 6.13. The van der Waals surface area contributed by atoms with E-state index in [2.05, 4.69) is 83.8 Å². The van der Waals surface area contributed by atoms with Crippen molar-refractivity contribution in [2.24, 2.45) is 7.05 Å². The van der Waals surface area contributed by atoms with Crippen LogP contribution in [0, 0.1) is 0 Å². The average Bonchev–Trinajstić information content (AvgIpc) is 3.22. The largest absolute Gasteiger partial charge is 0.493 e. The molecular formula is C28H28N2O2. The molecule has 32 heavy (non-hydrogen) atoms. The van der Waals surface area contributed by atoms with Crippen LogP contribution in [0.3, 0.4) is 0 Å². The summed E-state index contributed by atoms with van der Waals surface area (Å²) in [5.41, 5.74) is 6.17. The number of nitrogens with zero attached hydrogens (tertiary/aromatic N) is 1. The lowest BCUT2D eigenvalue weighted by Crippen LogP contribution is -2.28. The maximum absolute atomic E-state index is 6.13. The van der Waals surface area contributed by atoms with Gasteiger partial charge in [0.05, 0.1) is 13.2 Å². The van der Waals surface area contributed by atoms with Gasteiger partial charge >= 0.3 is 0 Å². The third kappa shape index (κ3) is 4.02. The standard InChI is InChI=1S/C28H28N2O2/c1-30-16-14-23-21(9-6-10-26(23)30)11-12-25-24-18-27(31-2)28(17-22(24)13-15-29-25)32-19-20-7-4-3-5-8-20/h3-12,14,16-18,25,29H,13,15,19H2,1-2H3/b12-11+. The van der Waals surface area contributed by atoms with Gasteiger partial charge in [-0.05, 0) is 52.9 Å². The smallest absolute Gasteiger partial charge is 0.161 e. The van der Waals surface area contributed by atoms with Crippen molar-refractivity contribution in [3.63, 3.8) is 0 Å². The van der Waals surface area contributed by atoms with Crippen LogP contribution in [0.25, 0.3) is 17.0 Å². The molecule has 0 saturated carbocycles. The Kier molecular flexibility index (Phi) is 5.70. The summed E-state index contributed by atoms with van der Waals surface area (Å²) in [4.78, 5) is 0. The van der Waals surface area contributed by atoms with Crippen LogP contribution in [0.1, 0.15) is 28.3 Å². The molecule has 0 amide bonds. The van der Waals surface area contributed by atoms with Gasteiger partial charge < -0.3 is 19.4 Å². The summed E-state index contributed by atoms with van der Waals surface area (Å²) in [6, 6.07) is 23.2. The van der Waals surface area contributed by atoms with Gasteiger partial charge in [-0.15, -0.1) is 0 Å². The van der Waals surface area contributed by atoms with Gasteiger partial charge in [0.25, 0.3) is 0 Å². The Bertz CT molecular complexity index is 1260. The molecule has 1 aliphatic rings. The van der Waals surface area contributed by atoms with Crippen LogP contribution in [0.5, 0.6) is 11.5 Å². The molecule has 0 spiro atoms. The number of aromatic nitrogens is 1. The van der Waals surface area contributed by atoms with Crippen molar-refractivity contribution in [1.29, 1.82) is 0 Å². The second kappa shape index (κ2) is 8.93. The van der Waals surface area contributed by atoms with Crippen LogP contribution >= 0.6 is 0 Å². The number of nitrogens with one attached hydrogen (secondary N) is 1. The third-order valence-corrected chi connectivity index (χ3v) is 6.19. The zero-order chi connectivity index (χ0) is 21.9. The minimum atomic E-state index is 0.134. The Labute approximate surface area is 189 Å². The summed E-state index contributed by atoms with van der Waals surface area (Å²) in [6.45, 7) is 1.46. The topological polar surface area (TPSA) is 35.4 Å². The maximum Gasteiger partial charge on any atom is 0.161 e. The van der Waals surface area contributed by atoms with E-state index in [4.69, 9.17) is 9.47 Å². The van der Waals surface area contributed by atoms with Crippen molar-refractivity contribution in [3.8, 4) is 11.5 Å². The van der Waals surface area contributed by atoms with E-state index < -0.39 is 0 Å². The number of ether oxygens (including phenoxy) is 2. The Hall–Kier alpha value is -3.50. The fraction of sp³-hybridized carbons (Fsp3) is 0.214. The number of methoxy groups -OCH3 is 1. The van der Waals surface area contributed by atoms with Crippen molar-refractivity contribution in [2.45, 2.75) is 19.1 Å². The van der Waals surface area contributed by atoms with Crippen LogP contribution in [-0.2, 0) is 20.1 Å². The predicted octanol–water partition coefficient (Wildman–Crippen LogP) is 5.67. The zero-order valence-electron chi connectivity index (χ0n) is 18.5. The highest BCUT2D eigenvalue weighted by atomic mass is 16.5. The van der Waals surface area contributed by atoms with Gasteiger partial charge in [-0.1, -0.05) is 54.6 Å². The van der Waals surface area contributed by atoms with E-state index in [1.807, 2.05) is 18.2 Å². The Morgan fingerprint density at radius 1 is 1.03 bits per heavy atom. The molecule has 0 aliphatic carbocycles. The van der Waals surface area contributed by atoms with Crippen LogP contribution in [0.2, 0.25) is 0 Å². The molecule has 3 aromatic carbocycles. The second-order valence-corrected chi connectivity index (χ2v) is 8.22. The lowest BCUT2D eigenvalue weighted by molar-refractivity contribution is 0.283. The van der Waals surface area contributed by atoms with E-state index in [9.17, 15) is 0 Å². The molecule has 5 rings (SSSR count). The molecule has 1 unspecified atom stereocenters. The average molecular weight is 425 g/mol. The molecule has 1 aromatic heterocycles. The highest BCUT2D eigenvalue weighted by Gasteiger charge is 2.21. The predicted molar refractivity (Wildman–Crippen MR) is 130 cm³/mol. The highest BCUT2D eigenvalue weighted by Crippen LogP contribution is 2.36. The number of fused-ring (bicyclic) bond motifs is 2. The molecule has 162 valence electrons. The molecule has 0 saturated heterocycles. The summed E-state index contributed by atoms with van der Waals surface area (Å²) in [7, 11) is 3.78. The van der Waals surface area contributed by atoms with Gasteiger partial charge in [-0.25, -0.2) is 0 Å². The fourth-order valence-corrected chi connectivity index (χ4v) is 4.45. The van der Waals surface area contributed by atoms with Crippen molar-refractivity contribution in [3.05, 3.63) is 101 Å². The molecule has 4 heteroatoms. The van der Waals surface area contributed by atoms with Gasteiger partial charge in [0.1, 0.15) is 6.61 Å². The third-order valence-electron chi connectivity index (χ3n) is 6.19. The van der Waals surface area contributed by atoms with Crippen molar-refractivity contribution in [2.75, 3.05) is 13.7 Å². The van der Waals surface area contributed by atoms with E-state index in [1.165, 1.54) is 27.6 Å². The first-order valence-corrected chi connectivity index (χ1v) is 11.1. The van der Waals surface area contributed by atoms with Gasteiger partial charge in [0, 0.05) is 30.7 Å². The normalized spacial score (nSPS) is 15.8. The van der Waals surface area contributed by atoms with Crippen LogP contribution in [0.15, 0.2) is 79.0 Å². The molecule has 4 nitrogen and oxygen atoms in total. The summed E-state index contributed by atoms with van der Waals surface area (Å²) >= 11 is 0. The van der Waals surface area contributed by atoms with E-state index >= 15 is 0 Å². The zero-order valence-corrected chi connectivity index (χ0v) is 18.5. The van der Waals surface area contributed by atoms with Crippen molar-refractivity contribution >= 4 is 17.0 Å². The first kappa shape index (κ1) is 20.4. The summed E-state index contributed by atoms with van der Waals surface area (Å²) in [5, 5.41) is 4.91. The summed E-state index contributed by atoms with van der Waals surface area (Å²) in [6.07, 6.45) is 7.56. The van der Waals surface area contributed by atoms with Crippen LogP contribution in [0.4, 0.5) is 0 Å². The minimum Gasteiger partial charge on any atom is -0.493 e. The second-order valence-electron chi connectivity index (χ2n) is 8.22. The first-order valence-electron chi connectivity index (χ1n) is 11.1. The Morgan fingerprint density at radius 3 is 2.75 bits per heavy atom. The molecule has 1 N–H and O–H groups in total. The van der Waals surface area contributed by atoms with E-state index in [0.29, 0.717) is 6.61 Å². The van der Waals surface area contributed by atoms with E-state index in [-0.39, 0.29) is 6.04 Å². The van der Waals surface area contributed by atoms with Crippen LogP contribution in [-0.4, -0.2) is 18.2 Å². The van der Waals surface area contributed by atoms with E-state index in [1.54, 1.807) is 7.11 Å². The molecule has 0 fully saturated rings. The fourth-order valence-electron chi connectivity index (χ4n) is 4.45. The van der Waals surface area contributed by atoms with Crippen molar-refractivity contribution in [1.82, 2.24) is 9.88 Å². The first-order chi connectivity index (χ1) is 15.7. The highest BCUT2D eigenvalue weighted by molar-refractivity contribution is 5.89.